The molecule has 0 aliphatic heterocycles. The van der Waals surface area contributed by atoms with Crippen molar-refractivity contribution in [2.24, 2.45) is 0 Å². The van der Waals surface area contributed by atoms with Crippen LogP contribution in [-0.2, 0) is 16.6 Å². The van der Waals surface area contributed by atoms with E-state index in [0.29, 0.717) is 6.54 Å². The highest BCUT2D eigenvalue weighted by Gasteiger charge is 2.30. The van der Waals surface area contributed by atoms with Gasteiger partial charge in [0.05, 0.1) is 4.90 Å². The maximum atomic E-state index is 12.1. The Kier molecular flexibility index (Phi) is 5.99. The molecular formula is C11H14BrF3N2O2S. The van der Waals surface area contributed by atoms with Gasteiger partial charge < -0.3 is 5.32 Å². The minimum absolute atomic E-state index is 0.220. The highest BCUT2D eigenvalue weighted by atomic mass is 79.9. The molecule has 1 rings (SSSR count). The summed E-state index contributed by atoms with van der Waals surface area (Å²) in [6.45, 7) is 1.63. The number of hydrogen-bond donors (Lipinski definition) is 2. The van der Waals surface area contributed by atoms with E-state index in [9.17, 15) is 21.6 Å². The second kappa shape index (κ2) is 6.88. The standard InChI is InChI=1S/C11H14BrF3N2O2S/c1-2-16-6-8-3-4-10(9(12)5-8)20(18,19)17-7-11(13,14)15/h3-5,16-17H,2,6-7H2,1H3. The maximum absolute atomic E-state index is 12.1. The fourth-order valence-electron chi connectivity index (χ4n) is 1.40. The molecular weight excluding hydrogens is 361 g/mol. The quantitative estimate of drug-likeness (QED) is 0.803. The van der Waals surface area contributed by atoms with Gasteiger partial charge in [0.25, 0.3) is 0 Å². The van der Waals surface area contributed by atoms with Gasteiger partial charge in [-0.3, -0.25) is 0 Å². The van der Waals surface area contributed by atoms with Gasteiger partial charge in [0.2, 0.25) is 10.0 Å². The second-order valence-electron chi connectivity index (χ2n) is 3.98. The molecule has 0 bridgehead atoms. The molecule has 114 valence electrons. The Labute approximate surface area is 123 Å². The van der Waals surface area contributed by atoms with E-state index in [0.717, 1.165) is 12.1 Å². The largest absolute Gasteiger partial charge is 0.402 e. The van der Waals surface area contributed by atoms with Gasteiger partial charge in [0.1, 0.15) is 6.54 Å². The van der Waals surface area contributed by atoms with E-state index < -0.39 is 22.7 Å². The summed E-state index contributed by atoms with van der Waals surface area (Å²) in [6.07, 6.45) is -4.59. The van der Waals surface area contributed by atoms with Crippen molar-refractivity contribution >= 4 is 26.0 Å². The normalized spacial score (nSPS) is 12.7. The van der Waals surface area contributed by atoms with Crippen molar-refractivity contribution in [3.8, 4) is 0 Å². The zero-order valence-electron chi connectivity index (χ0n) is 10.6. The molecule has 0 aliphatic rings. The van der Waals surface area contributed by atoms with Crippen LogP contribution in [0.3, 0.4) is 0 Å². The van der Waals surface area contributed by atoms with Crippen molar-refractivity contribution < 1.29 is 21.6 Å². The zero-order chi connectivity index (χ0) is 15.4. The summed E-state index contributed by atoms with van der Waals surface area (Å²) in [5, 5.41) is 3.06. The van der Waals surface area contributed by atoms with Crippen molar-refractivity contribution in [1.82, 2.24) is 10.0 Å². The first-order valence-corrected chi connectivity index (χ1v) is 7.99. The Bertz CT molecular complexity index is 561. The summed E-state index contributed by atoms with van der Waals surface area (Å²) in [6, 6.07) is 4.38. The van der Waals surface area contributed by atoms with E-state index in [-0.39, 0.29) is 9.37 Å². The van der Waals surface area contributed by atoms with Crippen LogP contribution in [0.15, 0.2) is 27.6 Å². The Morgan fingerprint density at radius 2 is 1.95 bits per heavy atom. The number of halogens is 4. The molecule has 0 unspecified atom stereocenters. The Hall–Kier alpha value is -0.640. The van der Waals surface area contributed by atoms with Gasteiger partial charge in [-0.1, -0.05) is 13.0 Å². The lowest BCUT2D eigenvalue weighted by Crippen LogP contribution is -2.33. The summed E-state index contributed by atoms with van der Waals surface area (Å²) in [5.74, 6) is 0. The molecule has 9 heteroatoms. The van der Waals surface area contributed by atoms with E-state index in [4.69, 9.17) is 0 Å². The van der Waals surface area contributed by atoms with Gasteiger partial charge in [-0.05, 0) is 40.2 Å². The average Bonchev–Trinajstić information content (AvgIpc) is 2.33. The van der Waals surface area contributed by atoms with Crippen LogP contribution in [-0.4, -0.2) is 27.7 Å². The van der Waals surface area contributed by atoms with E-state index in [1.165, 1.54) is 10.8 Å². The van der Waals surface area contributed by atoms with Crippen molar-refractivity contribution in [3.63, 3.8) is 0 Å². The molecule has 2 N–H and O–H groups in total. The van der Waals surface area contributed by atoms with Crippen LogP contribution in [0.25, 0.3) is 0 Å². The molecule has 20 heavy (non-hydrogen) atoms. The molecule has 1 aromatic rings. The number of rotatable bonds is 6. The summed E-state index contributed by atoms with van der Waals surface area (Å²) in [7, 11) is -4.20. The molecule has 0 fully saturated rings. The van der Waals surface area contributed by atoms with Crippen molar-refractivity contribution in [2.75, 3.05) is 13.1 Å². The molecule has 0 atom stereocenters. The van der Waals surface area contributed by atoms with E-state index in [1.807, 2.05) is 6.92 Å². The Balaban J connectivity index is 2.90. The third kappa shape index (κ3) is 5.39. The van der Waals surface area contributed by atoms with Crippen molar-refractivity contribution in [2.45, 2.75) is 24.5 Å². The van der Waals surface area contributed by atoms with Gasteiger partial charge in [-0.2, -0.15) is 13.2 Å². The molecule has 0 heterocycles. The fourth-order valence-corrected chi connectivity index (χ4v) is 3.53. The Morgan fingerprint density at radius 3 is 2.45 bits per heavy atom. The zero-order valence-corrected chi connectivity index (χ0v) is 13.0. The summed E-state index contributed by atoms with van der Waals surface area (Å²) in [5.41, 5.74) is 0.827. The minimum atomic E-state index is -4.59. The molecule has 0 radical (unpaired) electrons. The lowest BCUT2D eigenvalue weighted by Gasteiger charge is -2.11. The van der Waals surface area contributed by atoms with Crippen LogP contribution in [0.5, 0.6) is 0 Å². The molecule has 0 aliphatic carbocycles. The van der Waals surface area contributed by atoms with E-state index >= 15 is 0 Å². The van der Waals surface area contributed by atoms with Gasteiger partial charge in [-0.25, -0.2) is 13.1 Å². The number of alkyl halides is 3. The molecule has 0 aromatic heterocycles. The minimum Gasteiger partial charge on any atom is -0.313 e. The fraction of sp³-hybridized carbons (Fsp3) is 0.455. The number of hydrogen-bond acceptors (Lipinski definition) is 3. The lowest BCUT2D eigenvalue weighted by molar-refractivity contribution is -0.121. The average molecular weight is 375 g/mol. The topological polar surface area (TPSA) is 58.2 Å². The predicted octanol–water partition coefficient (Wildman–Crippen LogP) is 2.40. The summed E-state index contributed by atoms with van der Waals surface area (Å²) < 4.78 is 61.5. The third-order valence-corrected chi connectivity index (χ3v) is 4.71. The van der Waals surface area contributed by atoms with Gasteiger partial charge in [0, 0.05) is 11.0 Å². The highest BCUT2D eigenvalue weighted by molar-refractivity contribution is 9.10. The van der Waals surface area contributed by atoms with E-state index in [1.54, 1.807) is 12.1 Å². The smallest absolute Gasteiger partial charge is 0.313 e. The first-order chi connectivity index (χ1) is 9.15. The number of sulfonamides is 1. The predicted molar refractivity (Wildman–Crippen MR) is 72.8 cm³/mol. The highest BCUT2D eigenvalue weighted by Crippen LogP contribution is 2.24. The monoisotopic (exact) mass is 374 g/mol. The van der Waals surface area contributed by atoms with Crippen molar-refractivity contribution in [3.05, 3.63) is 28.2 Å². The first kappa shape index (κ1) is 17.4. The van der Waals surface area contributed by atoms with Crippen LogP contribution in [0.1, 0.15) is 12.5 Å². The number of nitrogens with one attached hydrogen (secondary N) is 2. The van der Waals surface area contributed by atoms with Crippen LogP contribution >= 0.6 is 15.9 Å². The molecule has 0 saturated carbocycles. The molecule has 0 spiro atoms. The van der Waals surface area contributed by atoms with Crippen LogP contribution < -0.4 is 10.0 Å². The number of benzene rings is 1. The summed E-state index contributed by atoms with van der Waals surface area (Å²) >= 11 is 3.07. The lowest BCUT2D eigenvalue weighted by atomic mass is 10.2. The SMILES string of the molecule is CCNCc1ccc(S(=O)(=O)NCC(F)(F)F)c(Br)c1. The van der Waals surface area contributed by atoms with Gasteiger partial charge in [-0.15, -0.1) is 0 Å². The second-order valence-corrected chi connectivity index (χ2v) is 6.57. The molecule has 1 aromatic carbocycles. The summed E-state index contributed by atoms with van der Waals surface area (Å²) in [4.78, 5) is -0.220. The van der Waals surface area contributed by atoms with E-state index in [2.05, 4.69) is 21.2 Å². The Morgan fingerprint density at radius 1 is 1.30 bits per heavy atom. The van der Waals surface area contributed by atoms with Gasteiger partial charge >= 0.3 is 6.18 Å². The van der Waals surface area contributed by atoms with Gasteiger partial charge in [0.15, 0.2) is 0 Å². The van der Waals surface area contributed by atoms with Crippen LogP contribution in [0.2, 0.25) is 0 Å². The van der Waals surface area contributed by atoms with Crippen LogP contribution in [0, 0.1) is 0 Å². The molecule has 4 nitrogen and oxygen atoms in total. The maximum Gasteiger partial charge on any atom is 0.402 e. The first-order valence-electron chi connectivity index (χ1n) is 5.71. The molecule has 0 amide bonds. The van der Waals surface area contributed by atoms with Crippen LogP contribution in [0.4, 0.5) is 13.2 Å². The van der Waals surface area contributed by atoms with Crippen molar-refractivity contribution in [1.29, 1.82) is 0 Å². The molecule has 0 saturated heterocycles. The third-order valence-electron chi connectivity index (χ3n) is 2.33.